The number of aromatic nitrogens is 1. The molecular weight excluding hydrogens is 510 g/mol. The van der Waals surface area contributed by atoms with Gasteiger partial charge in [0.2, 0.25) is 15.9 Å². The molecule has 5 rings (SSSR count). The van der Waals surface area contributed by atoms with Crippen LogP contribution in [-0.2, 0) is 14.8 Å². The van der Waals surface area contributed by atoms with Crippen molar-refractivity contribution < 1.29 is 13.2 Å². The van der Waals surface area contributed by atoms with E-state index in [1.54, 1.807) is 41.3 Å². The Morgan fingerprint density at radius 1 is 1.03 bits per heavy atom. The average molecular weight is 530 g/mol. The molecule has 0 aliphatic carbocycles. The van der Waals surface area contributed by atoms with E-state index in [4.69, 9.17) is 11.6 Å². The van der Waals surface area contributed by atoms with Crippen molar-refractivity contribution in [1.29, 1.82) is 0 Å². The minimum absolute atomic E-state index is 0.137. The number of sulfonamides is 1. The number of amides is 1. The summed E-state index contributed by atoms with van der Waals surface area (Å²) in [6.45, 7) is 0.549. The van der Waals surface area contributed by atoms with Gasteiger partial charge in [-0.2, -0.15) is 4.31 Å². The maximum Gasteiger partial charge on any atom is 0.245 e. The van der Waals surface area contributed by atoms with Crippen molar-refractivity contribution in [3.05, 3.63) is 89.4 Å². The zero-order valence-corrected chi connectivity index (χ0v) is 21.1. The number of thiazole rings is 1. The molecule has 1 unspecified atom stereocenters. The van der Waals surface area contributed by atoms with E-state index < -0.39 is 16.2 Å². The van der Waals surface area contributed by atoms with Gasteiger partial charge in [-0.05, 0) is 35.9 Å². The summed E-state index contributed by atoms with van der Waals surface area (Å²) in [5.41, 5.74) is 1.56. The zero-order chi connectivity index (χ0) is 23.7. The molecule has 0 bridgehead atoms. The van der Waals surface area contributed by atoms with Crippen molar-refractivity contribution >= 4 is 60.8 Å². The summed E-state index contributed by atoms with van der Waals surface area (Å²) in [6, 6.07) is 23.2. The van der Waals surface area contributed by atoms with Crippen LogP contribution in [0.4, 0.5) is 0 Å². The summed E-state index contributed by atoms with van der Waals surface area (Å²) in [4.78, 5) is 19.7. The smallest absolute Gasteiger partial charge is 0.245 e. The molecule has 34 heavy (non-hydrogen) atoms. The van der Waals surface area contributed by atoms with Gasteiger partial charge >= 0.3 is 0 Å². The Morgan fingerprint density at radius 2 is 1.74 bits per heavy atom. The number of hydrogen-bond acceptors (Lipinski definition) is 6. The molecule has 10 heteroatoms. The number of carbonyl (C=O) groups excluding carboxylic acids is 1. The van der Waals surface area contributed by atoms with Crippen LogP contribution in [0.1, 0.15) is 11.7 Å². The first-order chi connectivity index (χ1) is 16.4. The van der Waals surface area contributed by atoms with E-state index in [1.807, 2.05) is 42.5 Å². The second-order valence-electron chi connectivity index (χ2n) is 7.68. The van der Waals surface area contributed by atoms with E-state index in [0.717, 1.165) is 20.1 Å². The third-order valence-corrected chi connectivity index (χ3v) is 9.81. The first kappa shape index (κ1) is 23.3. The molecule has 1 atom stereocenters. The molecule has 174 valence electrons. The van der Waals surface area contributed by atoms with Crippen molar-refractivity contribution in [1.82, 2.24) is 14.2 Å². The molecule has 6 nitrogen and oxygen atoms in total. The summed E-state index contributed by atoms with van der Waals surface area (Å²) >= 11 is 8.91. The topological polar surface area (TPSA) is 70.6 Å². The molecule has 0 radical (unpaired) electrons. The van der Waals surface area contributed by atoms with Crippen LogP contribution in [0, 0.1) is 0 Å². The molecule has 3 aromatic carbocycles. The third-order valence-electron chi connectivity index (χ3n) is 5.55. The molecule has 1 saturated heterocycles. The number of carbonyl (C=O) groups is 1. The number of thioether (sulfide) groups is 1. The van der Waals surface area contributed by atoms with Gasteiger partial charge in [-0.15, -0.1) is 11.3 Å². The summed E-state index contributed by atoms with van der Waals surface area (Å²) in [5, 5.41) is 0.618. The fourth-order valence-electron chi connectivity index (χ4n) is 3.97. The predicted octanol–water partition coefficient (Wildman–Crippen LogP) is 5.27. The van der Waals surface area contributed by atoms with Crippen LogP contribution in [0.2, 0.25) is 5.02 Å². The SMILES string of the molecule is O=C(CSc1nc2cc(Cl)ccc2s1)N1CCN(S(=O)(=O)c2ccccc2)C1c1ccccc1. The zero-order valence-electron chi connectivity index (χ0n) is 17.9. The molecular formula is C24H20ClN3O3S3. The number of rotatable bonds is 6. The highest BCUT2D eigenvalue weighted by molar-refractivity contribution is 8.01. The van der Waals surface area contributed by atoms with Crippen molar-refractivity contribution in [3.63, 3.8) is 0 Å². The van der Waals surface area contributed by atoms with Crippen molar-refractivity contribution in [2.24, 2.45) is 0 Å². The minimum atomic E-state index is -3.78. The van der Waals surface area contributed by atoms with Crippen LogP contribution in [0.3, 0.4) is 0 Å². The Hall–Kier alpha value is -2.43. The van der Waals surface area contributed by atoms with Gasteiger partial charge in [-0.25, -0.2) is 13.4 Å². The van der Waals surface area contributed by atoms with Gasteiger partial charge in [0.05, 0.1) is 20.9 Å². The van der Waals surface area contributed by atoms with Crippen LogP contribution in [-0.4, -0.2) is 47.4 Å². The summed E-state index contributed by atoms with van der Waals surface area (Å²) < 4.78 is 30.1. The van der Waals surface area contributed by atoms with Crippen LogP contribution in [0.15, 0.2) is 88.1 Å². The molecule has 1 aliphatic heterocycles. The Kier molecular flexibility index (Phi) is 6.63. The Morgan fingerprint density at radius 3 is 2.47 bits per heavy atom. The molecule has 1 aliphatic rings. The maximum atomic E-state index is 13.5. The molecule has 0 spiro atoms. The highest BCUT2D eigenvalue weighted by Crippen LogP contribution is 2.36. The number of hydrogen-bond donors (Lipinski definition) is 0. The lowest BCUT2D eigenvalue weighted by atomic mass is 10.1. The van der Waals surface area contributed by atoms with Crippen molar-refractivity contribution in [2.75, 3.05) is 18.8 Å². The van der Waals surface area contributed by atoms with Gasteiger partial charge in [0.1, 0.15) is 6.17 Å². The summed E-state index contributed by atoms with van der Waals surface area (Å²) in [5.74, 6) is 0.0257. The lowest BCUT2D eigenvalue weighted by molar-refractivity contribution is -0.130. The molecule has 1 aromatic heterocycles. The van der Waals surface area contributed by atoms with Gasteiger partial charge in [0.25, 0.3) is 0 Å². The van der Waals surface area contributed by atoms with E-state index in [2.05, 4.69) is 4.98 Å². The number of nitrogens with zero attached hydrogens (tertiary/aromatic N) is 3. The molecule has 4 aromatic rings. The van der Waals surface area contributed by atoms with Gasteiger partial charge in [-0.3, -0.25) is 4.79 Å². The van der Waals surface area contributed by atoms with E-state index in [9.17, 15) is 13.2 Å². The van der Waals surface area contributed by atoms with Crippen molar-refractivity contribution in [3.8, 4) is 0 Å². The van der Waals surface area contributed by atoms with E-state index in [-0.39, 0.29) is 23.1 Å². The Labute approximate surface area is 211 Å². The minimum Gasteiger partial charge on any atom is -0.320 e. The Bertz CT molecular complexity index is 1430. The van der Waals surface area contributed by atoms with Crippen LogP contribution >= 0.6 is 34.7 Å². The van der Waals surface area contributed by atoms with Crippen LogP contribution in [0.5, 0.6) is 0 Å². The number of fused-ring (bicyclic) bond motifs is 1. The first-order valence-electron chi connectivity index (χ1n) is 10.5. The van der Waals surface area contributed by atoms with E-state index in [1.165, 1.54) is 27.4 Å². The third kappa shape index (κ3) is 4.58. The second-order valence-corrected chi connectivity index (χ2v) is 12.3. The summed E-state index contributed by atoms with van der Waals surface area (Å²) in [7, 11) is -3.78. The molecule has 0 N–H and O–H groups in total. The van der Waals surface area contributed by atoms with E-state index in [0.29, 0.717) is 11.6 Å². The Balaban J connectivity index is 1.40. The molecule has 1 amide bonds. The lowest BCUT2D eigenvalue weighted by Crippen LogP contribution is -2.38. The van der Waals surface area contributed by atoms with Gasteiger partial charge in [-0.1, -0.05) is 71.9 Å². The van der Waals surface area contributed by atoms with Gasteiger partial charge in [0, 0.05) is 18.1 Å². The van der Waals surface area contributed by atoms with Crippen molar-refractivity contribution in [2.45, 2.75) is 15.4 Å². The maximum absolute atomic E-state index is 13.5. The molecule has 1 fully saturated rings. The highest BCUT2D eigenvalue weighted by Gasteiger charge is 2.43. The normalized spacial score (nSPS) is 16.9. The number of halogens is 1. The molecule has 0 saturated carbocycles. The first-order valence-corrected chi connectivity index (χ1v) is 14.2. The van der Waals surface area contributed by atoms with Crippen LogP contribution in [0.25, 0.3) is 10.2 Å². The molecule has 2 heterocycles. The number of benzene rings is 3. The van der Waals surface area contributed by atoms with Gasteiger partial charge < -0.3 is 4.90 Å². The second kappa shape index (κ2) is 9.67. The van der Waals surface area contributed by atoms with Crippen LogP contribution < -0.4 is 0 Å². The van der Waals surface area contributed by atoms with E-state index >= 15 is 0 Å². The predicted molar refractivity (Wildman–Crippen MR) is 137 cm³/mol. The fourth-order valence-corrected chi connectivity index (χ4v) is 7.66. The standard InChI is InChI=1S/C24H20ClN3O3S3/c25-18-11-12-21-20(15-18)26-24(33-21)32-16-22(29)27-13-14-28(23(27)17-7-3-1-4-8-17)34(30,31)19-9-5-2-6-10-19/h1-12,15,23H,13-14,16H2. The average Bonchev–Trinajstić information content (AvgIpc) is 3.48. The highest BCUT2D eigenvalue weighted by atomic mass is 35.5. The summed E-state index contributed by atoms with van der Waals surface area (Å²) in [6.07, 6.45) is -0.700. The largest absolute Gasteiger partial charge is 0.320 e. The van der Waals surface area contributed by atoms with Gasteiger partial charge in [0.15, 0.2) is 4.34 Å². The monoisotopic (exact) mass is 529 g/mol. The quantitative estimate of drug-likeness (QED) is 0.318. The lowest BCUT2D eigenvalue weighted by Gasteiger charge is -2.30. The fraction of sp³-hybridized carbons (Fsp3) is 0.167.